The van der Waals surface area contributed by atoms with Crippen LogP contribution in [-0.4, -0.2) is 23.9 Å². The fourth-order valence-electron chi connectivity index (χ4n) is 2.88. The number of benzene rings is 2. The Kier molecular flexibility index (Phi) is 6.22. The summed E-state index contributed by atoms with van der Waals surface area (Å²) in [4.78, 5) is 14.4. The molecule has 5 heteroatoms. The largest absolute Gasteiger partial charge is 0.340 e. The monoisotopic (exact) mass is 394 g/mol. The molecule has 0 saturated carbocycles. The number of hydrogen-bond donors (Lipinski definition) is 1. The molecule has 1 amide bonds. The molecule has 1 aliphatic heterocycles. The van der Waals surface area contributed by atoms with Crippen molar-refractivity contribution in [3.63, 3.8) is 0 Å². The van der Waals surface area contributed by atoms with Gasteiger partial charge in [-0.05, 0) is 35.2 Å². The lowest BCUT2D eigenvalue weighted by Gasteiger charge is -2.29. The van der Waals surface area contributed by atoms with Crippen LogP contribution in [0.3, 0.4) is 0 Å². The van der Waals surface area contributed by atoms with E-state index in [-0.39, 0.29) is 24.4 Å². The molecule has 0 radical (unpaired) electrons. The maximum absolute atomic E-state index is 12.6. The van der Waals surface area contributed by atoms with Crippen LogP contribution >= 0.6 is 28.3 Å². The van der Waals surface area contributed by atoms with Crippen LogP contribution in [0.1, 0.15) is 16.7 Å². The van der Waals surface area contributed by atoms with Gasteiger partial charge < -0.3 is 10.2 Å². The van der Waals surface area contributed by atoms with E-state index in [9.17, 15) is 4.79 Å². The molecule has 0 spiro atoms. The number of carbonyl (C=O) groups excluding carboxylic acids is 1. The van der Waals surface area contributed by atoms with Crippen molar-refractivity contribution in [3.8, 4) is 0 Å². The van der Waals surface area contributed by atoms with E-state index in [2.05, 4.69) is 33.4 Å². The van der Waals surface area contributed by atoms with Crippen LogP contribution in [-0.2, 0) is 24.3 Å². The first-order valence-electron chi connectivity index (χ1n) is 7.43. The first-order chi connectivity index (χ1) is 10.6. The number of fused-ring (bicyclic) bond motifs is 1. The van der Waals surface area contributed by atoms with Gasteiger partial charge in [-0.15, -0.1) is 12.4 Å². The second-order valence-electron chi connectivity index (χ2n) is 5.73. The number of nitrogens with one attached hydrogen (secondary N) is 1. The van der Waals surface area contributed by atoms with Crippen molar-refractivity contribution in [2.75, 3.05) is 7.05 Å². The van der Waals surface area contributed by atoms with E-state index in [0.29, 0.717) is 6.54 Å². The van der Waals surface area contributed by atoms with Crippen molar-refractivity contribution >= 4 is 34.2 Å². The summed E-state index contributed by atoms with van der Waals surface area (Å²) >= 11 is 3.47. The Morgan fingerprint density at radius 2 is 1.96 bits per heavy atom. The number of hydrogen-bond acceptors (Lipinski definition) is 2. The summed E-state index contributed by atoms with van der Waals surface area (Å²) in [6.07, 6.45) is 0.762. The van der Waals surface area contributed by atoms with Crippen LogP contribution in [0.25, 0.3) is 0 Å². The molecule has 1 aliphatic rings. The van der Waals surface area contributed by atoms with E-state index >= 15 is 0 Å². The molecule has 2 aromatic carbocycles. The van der Waals surface area contributed by atoms with Crippen LogP contribution in [0.2, 0.25) is 0 Å². The maximum atomic E-state index is 12.6. The molecule has 0 saturated heterocycles. The third-order valence-electron chi connectivity index (χ3n) is 4.06. The normalized spacial score (nSPS) is 16.2. The van der Waals surface area contributed by atoms with Gasteiger partial charge in [0.25, 0.3) is 0 Å². The highest BCUT2D eigenvalue weighted by Gasteiger charge is 2.26. The molecule has 122 valence electrons. The Labute approximate surface area is 151 Å². The van der Waals surface area contributed by atoms with Gasteiger partial charge in [0.1, 0.15) is 0 Å². The molecule has 2 aromatic rings. The van der Waals surface area contributed by atoms with Crippen LogP contribution in [0, 0.1) is 0 Å². The van der Waals surface area contributed by atoms with E-state index in [4.69, 9.17) is 0 Å². The lowest BCUT2D eigenvalue weighted by Crippen LogP contribution is -2.48. The SMILES string of the molecule is CN(Cc1cccc(Br)c1)C(=O)C1Cc2ccccc2CN1.Cl. The zero-order valence-corrected chi connectivity index (χ0v) is 15.4. The van der Waals surface area contributed by atoms with E-state index in [1.807, 2.05) is 43.4 Å². The van der Waals surface area contributed by atoms with E-state index < -0.39 is 0 Å². The van der Waals surface area contributed by atoms with E-state index in [1.54, 1.807) is 4.90 Å². The molecular formula is C18H20BrClN2O. The minimum Gasteiger partial charge on any atom is -0.340 e. The molecule has 1 atom stereocenters. The average molecular weight is 396 g/mol. The third-order valence-corrected chi connectivity index (χ3v) is 4.56. The zero-order chi connectivity index (χ0) is 15.5. The van der Waals surface area contributed by atoms with Crippen molar-refractivity contribution < 1.29 is 4.79 Å². The average Bonchev–Trinajstić information content (AvgIpc) is 2.53. The fraction of sp³-hybridized carbons (Fsp3) is 0.278. The number of amides is 1. The zero-order valence-electron chi connectivity index (χ0n) is 13.0. The highest BCUT2D eigenvalue weighted by atomic mass is 79.9. The lowest BCUT2D eigenvalue weighted by molar-refractivity contribution is -0.132. The van der Waals surface area contributed by atoms with Gasteiger partial charge in [0.05, 0.1) is 6.04 Å². The van der Waals surface area contributed by atoms with Gasteiger partial charge >= 0.3 is 0 Å². The Hall–Kier alpha value is -1.36. The van der Waals surface area contributed by atoms with E-state index in [0.717, 1.165) is 23.0 Å². The van der Waals surface area contributed by atoms with Gasteiger partial charge in [-0.2, -0.15) is 0 Å². The predicted octanol–water partition coefficient (Wildman–Crippen LogP) is 3.54. The molecule has 23 heavy (non-hydrogen) atoms. The van der Waals surface area contributed by atoms with Crippen LogP contribution < -0.4 is 5.32 Å². The maximum Gasteiger partial charge on any atom is 0.240 e. The summed E-state index contributed by atoms with van der Waals surface area (Å²) in [5.41, 5.74) is 3.69. The highest BCUT2D eigenvalue weighted by molar-refractivity contribution is 9.10. The van der Waals surface area contributed by atoms with Gasteiger partial charge in [-0.25, -0.2) is 0 Å². The van der Waals surface area contributed by atoms with Crippen molar-refractivity contribution in [1.82, 2.24) is 10.2 Å². The highest BCUT2D eigenvalue weighted by Crippen LogP contribution is 2.18. The van der Waals surface area contributed by atoms with Crippen LogP contribution in [0.15, 0.2) is 53.0 Å². The van der Waals surface area contributed by atoms with Crippen LogP contribution in [0.5, 0.6) is 0 Å². The van der Waals surface area contributed by atoms with Crippen molar-refractivity contribution in [2.24, 2.45) is 0 Å². The summed E-state index contributed by atoms with van der Waals surface area (Å²) in [5.74, 6) is 0.148. The molecule has 3 nitrogen and oxygen atoms in total. The number of rotatable bonds is 3. The van der Waals surface area contributed by atoms with Crippen molar-refractivity contribution in [3.05, 3.63) is 69.7 Å². The fourth-order valence-corrected chi connectivity index (χ4v) is 3.33. The van der Waals surface area contributed by atoms with Crippen LogP contribution in [0.4, 0.5) is 0 Å². The topological polar surface area (TPSA) is 32.3 Å². The van der Waals surface area contributed by atoms with Crippen molar-refractivity contribution in [1.29, 1.82) is 0 Å². The second-order valence-corrected chi connectivity index (χ2v) is 6.65. The Balaban J connectivity index is 0.00000192. The first kappa shape index (κ1) is 18.0. The number of likely N-dealkylation sites (N-methyl/N-ethyl adjacent to an activating group) is 1. The smallest absolute Gasteiger partial charge is 0.240 e. The Morgan fingerprint density at radius 3 is 2.70 bits per heavy atom. The van der Waals surface area contributed by atoms with Gasteiger partial charge in [0.2, 0.25) is 5.91 Å². The number of carbonyl (C=O) groups is 1. The first-order valence-corrected chi connectivity index (χ1v) is 8.22. The predicted molar refractivity (Wildman–Crippen MR) is 98.6 cm³/mol. The minimum atomic E-state index is -0.132. The van der Waals surface area contributed by atoms with E-state index in [1.165, 1.54) is 11.1 Å². The summed E-state index contributed by atoms with van der Waals surface area (Å²) in [6.45, 7) is 1.38. The number of halogens is 2. The molecule has 1 heterocycles. The Bertz CT molecular complexity index is 692. The van der Waals surface area contributed by atoms with Gasteiger partial charge in [0, 0.05) is 24.6 Å². The number of nitrogens with zero attached hydrogens (tertiary/aromatic N) is 1. The Morgan fingerprint density at radius 1 is 1.22 bits per heavy atom. The van der Waals surface area contributed by atoms with Gasteiger partial charge in [-0.1, -0.05) is 52.3 Å². The summed E-state index contributed by atoms with van der Waals surface area (Å²) in [6, 6.07) is 16.3. The molecule has 0 aromatic heterocycles. The molecule has 0 aliphatic carbocycles. The standard InChI is InChI=1S/C18H19BrN2O.ClH/c1-21(12-13-5-4-8-16(19)9-13)18(22)17-10-14-6-2-3-7-15(14)11-20-17;/h2-9,17,20H,10-12H2,1H3;1H. The molecular weight excluding hydrogens is 376 g/mol. The second kappa shape index (κ2) is 7.95. The molecule has 1 N–H and O–H groups in total. The summed E-state index contributed by atoms with van der Waals surface area (Å²) in [5, 5.41) is 3.35. The van der Waals surface area contributed by atoms with Gasteiger partial charge in [-0.3, -0.25) is 4.79 Å². The molecule has 1 unspecified atom stereocenters. The third kappa shape index (κ3) is 4.34. The molecule has 3 rings (SSSR count). The molecule has 0 bridgehead atoms. The van der Waals surface area contributed by atoms with Gasteiger partial charge in [0.15, 0.2) is 0 Å². The molecule has 0 fully saturated rings. The lowest BCUT2D eigenvalue weighted by atomic mass is 9.95. The minimum absolute atomic E-state index is 0. The summed E-state index contributed by atoms with van der Waals surface area (Å²) < 4.78 is 1.04. The quantitative estimate of drug-likeness (QED) is 0.862. The van der Waals surface area contributed by atoms with Crippen molar-refractivity contribution in [2.45, 2.75) is 25.6 Å². The summed E-state index contributed by atoms with van der Waals surface area (Å²) in [7, 11) is 1.87.